The third kappa shape index (κ3) is 4.85. The molecule has 6 nitrogen and oxygen atoms in total. The summed E-state index contributed by atoms with van der Waals surface area (Å²) in [4.78, 5) is 28.4. The highest BCUT2D eigenvalue weighted by molar-refractivity contribution is 7.07. The van der Waals surface area contributed by atoms with Gasteiger partial charge in [-0.15, -0.1) is 11.3 Å². The van der Waals surface area contributed by atoms with E-state index in [2.05, 4.69) is 19.9 Å². The number of amides is 1. The number of ether oxygens (including phenoxy) is 1. The lowest BCUT2D eigenvalue weighted by Crippen LogP contribution is -2.42. The SMILES string of the molecule is CC(C)c1ccc(-n2c(=O)/c(=C\c3ccccc3Cl)s/c2=C(/C#N)C(=O)N2CCOCC2)cc1. The first-order valence-corrected chi connectivity index (χ1v) is 12.2. The highest BCUT2D eigenvalue weighted by atomic mass is 35.5. The molecule has 0 atom stereocenters. The summed E-state index contributed by atoms with van der Waals surface area (Å²) in [6.07, 6.45) is 1.70. The van der Waals surface area contributed by atoms with Crippen LogP contribution in [0.2, 0.25) is 5.02 Å². The van der Waals surface area contributed by atoms with Gasteiger partial charge in [-0.25, -0.2) is 0 Å². The summed E-state index contributed by atoms with van der Waals surface area (Å²) < 4.78 is 7.48. The van der Waals surface area contributed by atoms with Crippen molar-refractivity contribution in [1.82, 2.24) is 9.47 Å². The number of aromatic nitrogens is 1. The maximum absolute atomic E-state index is 13.6. The van der Waals surface area contributed by atoms with Crippen molar-refractivity contribution in [2.45, 2.75) is 19.8 Å². The fraction of sp³-hybridized carbons (Fsp3) is 0.269. The zero-order chi connectivity index (χ0) is 24.2. The second-order valence-electron chi connectivity index (χ2n) is 8.22. The fourth-order valence-corrected chi connectivity index (χ4v) is 5.02. The standard InChI is InChI=1S/C26H24ClN3O3S/c1-17(2)18-7-9-20(10-8-18)30-25(32)23(15-19-5-3-4-6-22(19)27)34-26(30)21(16-28)24(31)29-11-13-33-14-12-29/h3-10,15,17H,11-14H2,1-2H3/b23-15+,26-21-. The number of hydrogen-bond acceptors (Lipinski definition) is 5. The number of hydrogen-bond donors (Lipinski definition) is 0. The lowest BCUT2D eigenvalue weighted by atomic mass is 10.0. The van der Waals surface area contributed by atoms with Crippen LogP contribution in [0.4, 0.5) is 0 Å². The van der Waals surface area contributed by atoms with Crippen molar-refractivity contribution >= 4 is 40.5 Å². The summed E-state index contributed by atoms with van der Waals surface area (Å²) >= 11 is 7.43. The normalized spacial score (nSPS) is 15.4. The number of carbonyl (C=O) groups excluding carboxylic acids is 1. The molecular formula is C26H24ClN3O3S. The molecule has 0 aliphatic carbocycles. The van der Waals surface area contributed by atoms with E-state index >= 15 is 0 Å². The predicted octanol–water partition coefficient (Wildman–Crippen LogP) is 3.04. The van der Waals surface area contributed by atoms with Gasteiger partial charge in [-0.2, -0.15) is 5.26 Å². The molecule has 0 saturated carbocycles. The molecule has 8 heteroatoms. The van der Waals surface area contributed by atoms with Crippen molar-refractivity contribution in [3.8, 4) is 11.8 Å². The number of morpholine rings is 1. The maximum atomic E-state index is 13.6. The minimum absolute atomic E-state index is 0.0595. The lowest BCUT2D eigenvalue weighted by Gasteiger charge is -2.26. The van der Waals surface area contributed by atoms with Gasteiger partial charge in [-0.05, 0) is 41.3 Å². The molecule has 1 fully saturated rings. The Labute approximate surface area is 206 Å². The first-order chi connectivity index (χ1) is 16.4. The fourth-order valence-electron chi connectivity index (χ4n) is 3.74. The van der Waals surface area contributed by atoms with E-state index in [4.69, 9.17) is 16.3 Å². The highest BCUT2D eigenvalue weighted by Gasteiger charge is 2.24. The zero-order valence-electron chi connectivity index (χ0n) is 19.0. The molecule has 1 aliphatic heterocycles. The number of rotatable bonds is 4. The Balaban J connectivity index is 1.98. The second kappa shape index (κ2) is 10.4. The molecule has 174 valence electrons. The van der Waals surface area contributed by atoms with Gasteiger partial charge in [0, 0.05) is 18.1 Å². The molecule has 1 saturated heterocycles. The van der Waals surface area contributed by atoms with Crippen molar-refractivity contribution in [3.05, 3.63) is 84.2 Å². The summed E-state index contributed by atoms with van der Waals surface area (Å²) in [5.74, 6) is -0.0649. The van der Waals surface area contributed by atoms with Crippen LogP contribution >= 0.6 is 22.9 Å². The van der Waals surface area contributed by atoms with Gasteiger partial charge in [0.2, 0.25) is 0 Å². The summed E-state index contributed by atoms with van der Waals surface area (Å²) in [7, 11) is 0. The van der Waals surface area contributed by atoms with E-state index in [1.165, 1.54) is 4.57 Å². The molecule has 0 bridgehead atoms. The Bertz CT molecular complexity index is 1430. The molecule has 0 spiro atoms. The molecule has 1 aliphatic rings. The summed E-state index contributed by atoms with van der Waals surface area (Å²) in [5, 5.41) is 10.5. The summed E-state index contributed by atoms with van der Waals surface area (Å²) in [5.41, 5.74) is 2.05. The van der Waals surface area contributed by atoms with Gasteiger partial charge < -0.3 is 9.64 Å². The van der Waals surface area contributed by atoms with Gasteiger partial charge in [-0.3, -0.25) is 14.2 Å². The Morgan fingerprint density at radius 2 is 1.82 bits per heavy atom. The Morgan fingerprint density at radius 1 is 1.15 bits per heavy atom. The van der Waals surface area contributed by atoms with Crippen LogP contribution in [-0.2, 0) is 9.53 Å². The van der Waals surface area contributed by atoms with Crippen LogP contribution < -0.4 is 14.8 Å². The monoisotopic (exact) mass is 493 g/mol. The van der Waals surface area contributed by atoms with Crippen LogP contribution in [0.15, 0.2) is 53.3 Å². The Kier molecular flexibility index (Phi) is 7.32. The summed E-state index contributed by atoms with van der Waals surface area (Å²) in [6.45, 7) is 5.84. The van der Waals surface area contributed by atoms with Gasteiger partial charge >= 0.3 is 0 Å². The molecule has 3 aromatic rings. The van der Waals surface area contributed by atoms with Gasteiger partial charge in [0.25, 0.3) is 11.5 Å². The molecule has 1 amide bonds. The molecule has 0 N–H and O–H groups in total. The van der Waals surface area contributed by atoms with E-state index in [9.17, 15) is 14.9 Å². The van der Waals surface area contributed by atoms with Crippen molar-refractivity contribution in [2.24, 2.45) is 0 Å². The summed E-state index contributed by atoms with van der Waals surface area (Å²) in [6, 6.07) is 16.9. The van der Waals surface area contributed by atoms with E-state index in [1.54, 1.807) is 17.0 Å². The average Bonchev–Trinajstić information content (AvgIpc) is 3.17. The Morgan fingerprint density at radius 3 is 2.44 bits per heavy atom. The quantitative estimate of drug-likeness (QED) is 0.560. The second-order valence-corrected chi connectivity index (χ2v) is 9.65. The number of carbonyl (C=O) groups is 1. The largest absolute Gasteiger partial charge is 0.378 e. The topological polar surface area (TPSA) is 75.3 Å². The predicted molar refractivity (Wildman–Crippen MR) is 135 cm³/mol. The van der Waals surface area contributed by atoms with Crippen LogP contribution in [0.5, 0.6) is 0 Å². The third-order valence-electron chi connectivity index (χ3n) is 5.67. The molecule has 2 aromatic carbocycles. The van der Waals surface area contributed by atoms with Crippen molar-refractivity contribution < 1.29 is 9.53 Å². The van der Waals surface area contributed by atoms with Gasteiger partial charge in [0.05, 0.1) is 23.4 Å². The number of nitriles is 1. The van der Waals surface area contributed by atoms with Crippen molar-refractivity contribution in [1.29, 1.82) is 5.26 Å². The Hall–Kier alpha value is -3.18. The smallest absolute Gasteiger partial charge is 0.273 e. The van der Waals surface area contributed by atoms with Crippen LogP contribution in [-0.4, -0.2) is 41.7 Å². The third-order valence-corrected chi connectivity index (χ3v) is 7.11. The average molecular weight is 494 g/mol. The molecule has 4 rings (SSSR count). The molecule has 0 unspecified atom stereocenters. The van der Waals surface area contributed by atoms with E-state index in [1.807, 2.05) is 42.5 Å². The minimum atomic E-state index is -0.399. The lowest BCUT2D eigenvalue weighted by molar-refractivity contribution is -0.128. The number of nitrogens with zero attached hydrogens (tertiary/aromatic N) is 3. The van der Waals surface area contributed by atoms with E-state index in [0.717, 1.165) is 16.9 Å². The van der Waals surface area contributed by atoms with Crippen LogP contribution in [0.1, 0.15) is 30.9 Å². The molecule has 1 aromatic heterocycles. The zero-order valence-corrected chi connectivity index (χ0v) is 20.5. The minimum Gasteiger partial charge on any atom is -0.378 e. The van der Waals surface area contributed by atoms with Gasteiger partial charge in [-0.1, -0.05) is 55.8 Å². The number of halogens is 1. The first-order valence-electron chi connectivity index (χ1n) is 11.0. The number of benzene rings is 2. The van der Waals surface area contributed by atoms with Gasteiger partial charge in [0.15, 0.2) is 5.57 Å². The van der Waals surface area contributed by atoms with E-state index in [0.29, 0.717) is 57.7 Å². The highest BCUT2D eigenvalue weighted by Crippen LogP contribution is 2.17. The van der Waals surface area contributed by atoms with Crippen molar-refractivity contribution in [2.75, 3.05) is 26.3 Å². The van der Waals surface area contributed by atoms with Crippen LogP contribution in [0.25, 0.3) is 17.3 Å². The van der Waals surface area contributed by atoms with E-state index < -0.39 is 5.91 Å². The molecule has 2 heterocycles. The first kappa shape index (κ1) is 24.0. The number of thiazole rings is 1. The maximum Gasteiger partial charge on any atom is 0.273 e. The molecular weight excluding hydrogens is 470 g/mol. The van der Waals surface area contributed by atoms with Crippen LogP contribution in [0, 0.1) is 11.3 Å². The van der Waals surface area contributed by atoms with E-state index in [-0.39, 0.29) is 11.1 Å². The molecule has 34 heavy (non-hydrogen) atoms. The molecule has 0 radical (unpaired) electrons. The van der Waals surface area contributed by atoms with Gasteiger partial charge in [0.1, 0.15) is 10.7 Å². The van der Waals surface area contributed by atoms with Crippen LogP contribution in [0.3, 0.4) is 0 Å². The van der Waals surface area contributed by atoms with Crippen molar-refractivity contribution in [3.63, 3.8) is 0 Å².